The third kappa shape index (κ3) is 2.82. The van der Waals surface area contributed by atoms with Gasteiger partial charge in [0.25, 0.3) is 0 Å². The Hall–Kier alpha value is -2.53. The van der Waals surface area contributed by atoms with Crippen molar-refractivity contribution in [2.45, 2.75) is 37.3 Å². The third-order valence-corrected chi connectivity index (χ3v) is 6.03. The molecule has 1 aromatic carbocycles. The monoisotopic (exact) mass is 352 g/mol. The SMILES string of the molecule is CN1CCC2(C)c3cc(O)ccc3CC1C2NC(=O)C=Cc1ccoc1. The second kappa shape index (κ2) is 6.32. The molecule has 5 nitrogen and oxygen atoms in total. The van der Waals surface area contributed by atoms with Crippen LogP contribution in [0.3, 0.4) is 0 Å². The Morgan fingerprint density at radius 1 is 1.42 bits per heavy atom. The average Bonchev–Trinajstić information content (AvgIpc) is 3.13. The van der Waals surface area contributed by atoms with Crippen LogP contribution in [-0.4, -0.2) is 41.6 Å². The Balaban J connectivity index is 1.63. The second-order valence-corrected chi connectivity index (χ2v) is 7.64. The number of carbonyl (C=O) groups excluding carboxylic acids is 1. The Bertz CT molecular complexity index is 843. The van der Waals surface area contributed by atoms with Crippen molar-refractivity contribution in [2.75, 3.05) is 13.6 Å². The number of hydrogen-bond acceptors (Lipinski definition) is 4. The van der Waals surface area contributed by atoms with E-state index >= 15 is 0 Å². The van der Waals surface area contributed by atoms with E-state index in [4.69, 9.17) is 4.42 Å². The zero-order valence-electron chi connectivity index (χ0n) is 15.1. The fourth-order valence-corrected chi connectivity index (χ4v) is 4.48. The molecule has 1 aliphatic heterocycles. The van der Waals surface area contributed by atoms with Gasteiger partial charge in [-0.2, -0.15) is 0 Å². The molecule has 3 unspecified atom stereocenters. The van der Waals surface area contributed by atoms with Gasteiger partial charge in [0.1, 0.15) is 5.75 Å². The zero-order chi connectivity index (χ0) is 18.3. The largest absolute Gasteiger partial charge is 0.508 e. The molecule has 3 atom stereocenters. The van der Waals surface area contributed by atoms with Gasteiger partial charge in [0.2, 0.25) is 5.91 Å². The van der Waals surface area contributed by atoms with Crippen LogP contribution in [0, 0.1) is 0 Å². The van der Waals surface area contributed by atoms with Crippen molar-refractivity contribution >= 4 is 12.0 Å². The second-order valence-electron chi connectivity index (χ2n) is 7.64. The summed E-state index contributed by atoms with van der Waals surface area (Å²) in [5.41, 5.74) is 3.10. The van der Waals surface area contributed by atoms with Crippen molar-refractivity contribution in [3.8, 4) is 5.75 Å². The molecule has 2 aromatic rings. The van der Waals surface area contributed by atoms with E-state index in [1.54, 1.807) is 30.7 Å². The molecule has 2 aliphatic rings. The lowest BCUT2D eigenvalue weighted by atomic mass is 9.61. The lowest BCUT2D eigenvalue weighted by molar-refractivity contribution is -0.118. The predicted molar refractivity (Wildman–Crippen MR) is 99.9 cm³/mol. The number of likely N-dealkylation sites (N-methyl/N-ethyl adjacent to an activating group) is 1. The number of phenols is 1. The standard InChI is InChI=1S/C21H24N2O3/c1-21-8-9-23(2)18(11-15-4-5-16(24)12-17(15)21)20(21)22-19(25)6-3-14-7-10-26-13-14/h3-7,10,12-13,18,20,24H,8-9,11H2,1-2H3,(H,22,25). The minimum Gasteiger partial charge on any atom is -0.508 e. The number of furan rings is 1. The number of rotatable bonds is 3. The minimum absolute atomic E-state index is 0.00273. The van der Waals surface area contributed by atoms with E-state index in [2.05, 4.69) is 24.2 Å². The number of piperidine rings is 1. The van der Waals surface area contributed by atoms with Gasteiger partial charge in [-0.3, -0.25) is 4.79 Å². The smallest absolute Gasteiger partial charge is 0.244 e. The maximum atomic E-state index is 12.6. The van der Waals surface area contributed by atoms with Crippen LogP contribution in [0.5, 0.6) is 5.75 Å². The first-order valence-corrected chi connectivity index (χ1v) is 9.01. The molecule has 2 N–H and O–H groups in total. The molecular weight excluding hydrogens is 328 g/mol. The van der Waals surface area contributed by atoms with E-state index in [1.165, 1.54) is 5.56 Å². The summed E-state index contributed by atoms with van der Waals surface area (Å²) in [5.74, 6) is 0.179. The molecule has 1 amide bonds. The van der Waals surface area contributed by atoms with Crippen molar-refractivity contribution in [1.82, 2.24) is 10.2 Å². The van der Waals surface area contributed by atoms with Crippen molar-refractivity contribution in [2.24, 2.45) is 0 Å². The van der Waals surface area contributed by atoms with E-state index in [0.29, 0.717) is 0 Å². The number of aromatic hydroxyl groups is 1. The molecular formula is C21H24N2O3. The molecule has 0 radical (unpaired) electrons. The molecule has 1 aromatic heterocycles. The van der Waals surface area contributed by atoms with Crippen LogP contribution in [0.1, 0.15) is 30.0 Å². The Morgan fingerprint density at radius 3 is 3.04 bits per heavy atom. The highest BCUT2D eigenvalue weighted by molar-refractivity contribution is 5.92. The van der Waals surface area contributed by atoms with Crippen molar-refractivity contribution in [1.29, 1.82) is 0 Å². The van der Waals surface area contributed by atoms with E-state index in [9.17, 15) is 9.90 Å². The fourth-order valence-electron chi connectivity index (χ4n) is 4.48. The molecule has 1 saturated heterocycles. The number of phenolic OH excluding ortho intramolecular Hbond substituents is 1. The molecule has 26 heavy (non-hydrogen) atoms. The number of likely N-dealkylation sites (tertiary alicyclic amines) is 1. The molecule has 1 aliphatic carbocycles. The first-order chi connectivity index (χ1) is 12.5. The van der Waals surface area contributed by atoms with Crippen molar-refractivity contribution in [3.05, 3.63) is 59.6 Å². The summed E-state index contributed by atoms with van der Waals surface area (Å²) in [6, 6.07) is 7.70. The molecule has 5 heteroatoms. The highest BCUT2D eigenvalue weighted by atomic mass is 16.3. The summed E-state index contributed by atoms with van der Waals surface area (Å²) in [6.07, 6.45) is 8.31. The normalized spacial score (nSPS) is 28.1. The van der Waals surface area contributed by atoms with E-state index in [0.717, 1.165) is 30.5 Å². The van der Waals surface area contributed by atoms with Crippen LogP contribution >= 0.6 is 0 Å². The Kier molecular flexibility index (Phi) is 4.11. The average molecular weight is 352 g/mol. The quantitative estimate of drug-likeness (QED) is 0.834. The number of nitrogens with one attached hydrogen (secondary N) is 1. The first kappa shape index (κ1) is 16.9. The molecule has 2 heterocycles. The van der Waals surface area contributed by atoms with Gasteiger partial charge in [-0.1, -0.05) is 13.0 Å². The number of fused-ring (bicyclic) bond motifs is 4. The lowest BCUT2D eigenvalue weighted by Crippen LogP contribution is -2.66. The van der Waals surface area contributed by atoms with Crippen LogP contribution in [0.4, 0.5) is 0 Å². The summed E-state index contributed by atoms with van der Waals surface area (Å²) in [6.45, 7) is 3.18. The Morgan fingerprint density at radius 2 is 2.27 bits per heavy atom. The molecule has 4 rings (SSSR count). The topological polar surface area (TPSA) is 65.7 Å². The fraction of sp³-hybridized carbons (Fsp3) is 0.381. The maximum Gasteiger partial charge on any atom is 0.244 e. The van der Waals surface area contributed by atoms with Crippen molar-refractivity contribution in [3.63, 3.8) is 0 Å². The number of nitrogens with zero attached hydrogens (tertiary/aromatic N) is 1. The summed E-state index contributed by atoms with van der Waals surface area (Å²) >= 11 is 0. The van der Waals surface area contributed by atoms with E-state index < -0.39 is 0 Å². The van der Waals surface area contributed by atoms with Crippen LogP contribution in [0.15, 0.2) is 47.3 Å². The summed E-state index contributed by atoms with van der Waals surface area (Å²) in [7, 11) is 2.12. The van der Waals surface area contributed by atoms with Crippen LogP contribution < -0.4 is 5.32 Å². The highest BCUT2D eigenvalue weighted by Gasteiger charge is 2.50. The van der Waals surface area contributed by atoms with Gasteiger partial charge in [-0.15, -0.1) is 0 Å². The van der Waals surface area contributed by atoms with Crippen LogP contribution in [0.2, 0.25) is 0 Å². The van der Waals surface area contributed by atoms with Gasteiger partial charge in [0.15, 0.2) is 0 Å². The summed E-state index contributed by atoms with van der Waals surface area (Å²) in [4.78, 5) is 14.9. The van der Waals surface area contributed by atoms with Gasteiger partial charge in [0, 0.05) is 23.1 Å². The highest BCUT2D eigenvalue weighted by Crippen LogP contribution is 2.45. The van der Waals surface area contributed by atoms with Gasteiger partial charge in [0.05, 0.1) is 18.6 Å². The first-order valence-electron chi connectivity index (χ1n) is 9.01. The maximum absolute atomic E-state index is 12.6. The number of hydrogen-bond donors (Lipinski definition) is 2. The summed E-state index contributed by atoms with van der Waals surface area (Å²) < 4.78 is 5.02. The van der Waals surface area contributed by atoms with Gasteiger partial charge < -0.3 is 19.7 Å². The summed E-state index contributed by atoms with van der Waals surface area (Å²) in [5, 5.41) is 13.2. The van der Waals surface area contributed by atoms with Gasteiger partial charge in [-0.25, -0.2) is 0 Å². The lowest BCUT2D eigenvalue weighted by Gasteiger charge is -2.54. The minimum atomic E-state index is -0.192. The van der Waals surface area contributed by atoms with Crippen LogP contribution in [-0.2, 0) is 16.6 Å². The predicted octanol–water partition coefficient (Wildman–Crippen LogP) is 2.70. The van der Waals surface area contributed by atoms with Crippen LogP contribution in [0.25, 0.3) is 6.08 Å². The number of carbonyl (C=O) groups is 1. The van der Waals surface area contributed by atoms with E-state index in [1.807, 2.05) is 18.2 Å². The number of benzene rings is 1. The number of amides is 1. The molecule has 2 bridgehead atoms. The van der Waals surface area contributed by atoms with Crippen molar-refractivity contribution < 1.29 is 14.3 Å². The molecule has 0 saturated carbocycles. The molecule has 136 valence electrons. The third-order valence-electron chi connectivity index (χ3n) is 6.03. The molecule has 0 spiro atoms. The van der Waals surface area contributed by atoms with Gasteiger partial charge in [-0.05, 0) is 61.8 Å². The van der Waals surface area contributed by atoms with Gasteiger partial charge >= 0.3 is 0 Å². The Labute approximate surface area is 153 Å². The molecule has 1 fully saturated rings. The van der Waals surface area contributed by atoms with E-state index in [-0.39, 0.29) is 29.2 Å². The zero-order valence-corrected chi connectivity index (χ0v) is 15.1.